The molecule has 7 aromatic heterocycles. The van der Waals surface area contributed by atoms with Crippen LogP contribution in [0.25, 0.3) is 0 Å². The second-order valence-electron chi connectivity index (χ2n) is 31.6. The number of benzene rings is 4. The summed E-state index contributed by atoms with van der Waals surface area (Å²) in [6, 6.07) is 39.3. The first-order valence-corrected chi connectivity index (χ1v) is 42.0. The number of amides is 4. The van der Waals surface area contributed by atoms with Crippen LogP contribution in [0.1, 0.15) is 145 Å². The molecule has 4 aromatic carbocycles. The van der Waals surface area contributed by atoms with E-state index in [1.165, 1.54) is 22.3 Å². The van der Waals surface area contributed by atoms with E-state index < -0.39 is 0 Å². The van der Waals surface area contributed by atoms with Crippen LogP contribution in [0.5, 0.6) is 0 Å². The normalized spacial score (nSPS) is 15.5. The predicted molar refractivity (Wildman–Crippen MR) is 483 cm³/mol. The summed E-state index contributed by atoms with van der Waals surface area (Å²) in [6.07, 6.45) is 27.7. The van der Waals surface area contributed by atoms with Gasteiger partial charge in [-0.25, -0.2) is 29.9 Å². The first-order valence-electron chi connectivity index (χ1n) is 42.0. The molecule has 0 spiro atoms. The van der Waals surface area contributed by atoms with Crippen LogP contribution in [0.4, 0.5) is 74.7 Å². The van der Waals surface area contributed by atoms with Crippen LogP contribution >= 0.6 is 0 Å². The van der Waals surface area contributed by atoms with Crippen LogP contribution in [-0.4, -0.2) is 196 Å². The Hall–Kier alpha value is -13.3. The molecule has 5 saturated heterocycles. The first-order chi connectivity index (χ1) is 58.9. The lowest BCUT2D eigenvalue weighted by Crippen LogP contribution is -2.47. The maximum Gasteiger partial charge on any atom is 0.274 e. The number of aromatic nitrogens is 11. The van der Waals surface area contributed by atoms with E-state index in [2.05, 4.69) is 231 Å². The van der Waals surface area contributed by atoms with Crippen molar-refractivity contribution >= 4 is 98.3 Å². The second-order valence-corrected chi connectivity index (χ2v) is 31.6. The highest BCUT2D eigenvalue weighted by Crippen LogP contribution is 2.37. The van der Waals surface area contributed by atoms with Crippen molar-refractivity contribution in [3.63, 3.8) is 0 Å². The van der Waals surface area contributed by atoms with Crippen molar-refractivity contribution in [2.45, 2.75) is 91.9 Å². The molecular weight excluding hydrogens is 1520 g/mol. The number of hydrogen-bond donors (Lipinski definition) is 6. The van der Waals surface area contributed by atoms with Gasteiger partial charge in [0.1, 0.15) is 29.0 Å². The standard InChI is InChI=1S/C23H27N7O.C23H26N6O.C23H32N6O.C23H26N6O/c1-16(2)17-5-6-19(28-23(31)18-4-3-7-27-22(18)24)20(14-17)29-10-12-30(13-11-29)21-15-25-8-9-26-21;1-17(2)18-6-7-20(27-22(30)19-5-3-8-24-16-19)21(15-18)28-11-13-29(14-12-28)23-25-9-4-10-26-23;1-17(2)18-5-6-20(27-23(30)19-4-3-7-24-15-19)21(14-18)28-10-12-29(13-11-28)22-16-25-8-9-26-22;1-17(2)18-6-7-19(27-23(30)20-5-3-4-8-25-20)21(15-18)28-11-13-29(14-12-28)22-16-24-9-10-26-22/h3-9,14-16H,10-13H2,1-2H3,(H2,24,27)(H,28,31);3-10,15-17H,11-14H2,1-2H3,(H,27,30);5-6,8-9,14,16-17,19,24H,3-4,7,10-13,15H2,1-2H3,(H,27,30);3-10,15-17H,11-14H2,1-2H3,(H,27,30). The fourth-order valence-electron chi connectivity index (χ4n) is 15.1. The largest absolute Gasteiger partial charge is 0.383 e. The number of pyridine rings is 3. The molecule has 29 heteroatoms. The molecule has 29 nitrogen and oxygen atoms in total. The van der Waals surface area contributed by atoms with Gasteiger partial charge in [0.25, 0.3) is 17.7 Å². The van der Waals surface area contributed by atoms with Crippen molar-refractivity contribution in [3.8, 4) is 0 Å². The lowest BCUT2D eigenvalue weighted by atomic mass is 9.98. The molecule has 4 amide bonds. The minimum absolute atomic E-state index is 0.0462. The van der Waals surface area contributed by atoms with Crippen LogP contribution in [-0.2, 0) is 4.79 Å². The molecule has 0 aliphatic carbocycles. The lowest BCUT2D eigenvalue weighted by Gasteiger charge is -2.37. The van der Waals surface area contributed by atoms with Gasteiger partial charge in [-0.3, -0.25) is 44.1 Å². The highest BCUT2D eigenvalue weighted by Gasteiger charge is 2.30. The zero-order valence-electron chi connectivity index (χ0n) is 70.4. The third-order valence-corrected chi connectivity index (χ3v) is 22.3. The van der Waals surface area contributed by atoms with Gasteiger partial charge >= 0.3 is 0 Å². The molecule has 628 valence electrons. The maximum absolute atomic E-state index is 12.9. The maximum atomic E-state index is 12.9. The van der Waals surface area contributed by atoms with E-state index in [0.29, 0.717) is 40.5 Å². The van der Waals surface area contributed by atoms with E-state index in [1.807, 2.05) is 36.5 Å². The highest BCUT2D eigenvalue weighted by molar-refractivity contribution is 6.09. The zero-order chi connectivity index (χ0) is 84.6. The SMILES string of the molecule is CC(C)c1ccc(NC(=O)C2CCCNC2)c(N2CCN(c3cnccn3)CC2)c1.CC(C)c1ccc(NC(=O)c2ccccn2)c(N2CCN(c3cnccn3)CC2)c1.CC(C)c1ccc(NC(=O)c2cccnc2)c(N2CCN(c3ncccn3)CC2)c1.CC(C)c1ccc(NC(=O)c2cccnc2N)c(N2CCN(c3cnccn3)CC2)c1. The lowest BCUT2D eigenvalue weighted by molar-refractivity contribution is -0.120. The van der Waals surface area contributed by atoms with Crippen LogP contribution in [0.2, 0.25) is 0 Å². The van der Waals surface area contributed by atoms with E-state index in [0.717, 1.165) is 200 Å². The van der Waals surface area contributed by atoms with Gasteiger partial charge in [0.05, 0.1) is 81.1 Å². The average molecular weight is 1630 g/mol. The molecule has 12 heterocycles. The van der Waals surface area contributed by atoms with Gasteiger partial charge in [0, 0.05) is 186 Å². The topological polar surface area (TPSA) is 322 Å². The van der Waals surface area contributed by atoms with Crippen LogP contribution in [0, 0.1) is 5.92 Å². The number of carbonyl (C=O) groups is 4. The molecule has 11 aromatic rings. The minimum Gasteiger partial charge on any atom is -0.383 e. The third-order valence-electron chi connectivity index (χ3n) is 22.3. The van der Waals surface area contributed by atoms with E-state index in [1.54, 1.807) is 123 Å². The fraction of sp³-hybridized carbons (Fsp3) is 0.359. The van der Waals surface area contributed by atoms with Gasteiger partial charge in [-0.15, -0.1) is 0 Å². The molecule has 1 unspecified atom stereocenters. The highest BCUT2D eigenvalue weighted by atomic mass is 16.2. The molecule has 5 aliphatic heterocycles. The van der Waals surface area contributed by atoms with E-state index in [9.17, 15) is 19.2 Å². The number of anilines is 13. The van der Waals surface area contributed by atoms with Crippen LogP contribution in [0.15, 0.2) is 214 Å². The Morgan fingerprint density at radius 1 is 0.364 bits per heavy atom. The molecule has 5 aliphatic rings. The molecule has 5 fully saturated rings. The van der Waals surface area contributed by atoms with Crippen LogP contribution in [0.3, 0.4) is 0 Å². The van der Waals surface area contributed by atoms with Gasteiger partial charge in [-0.2, -0.15) is 0 Å². The second kappa shape index (κ2) is 41.9. The van der Waals surface area contributed by atoms with E-state index in [-0.39, 0.29) is 35.4 Å². The Balaban J connectivity index is 0.000000139. The Bertz CT molecular complexity index is 4980. The Morgan fingerprint density at radius 2 is 0.752 bits per heavy atom. The molecule has 0 radical (unpaired) electrons. The summed E-state index contributed by atoms with van der Waals surface area (Å²) < 4.78 is 0. The summed E-state index contributed by atoms with van der Waals surface area (Å²) >= 11 is 0. The Labute approximate surface area is 709 Å². The smallest absolute Gasteiger partial charge is 0.274 e. The van der Waals surface area contributed by atoms with Crippen molar-refractivity contribution in [3.05, 3.63) is 253 Å². The number of carbonyl (C=O) groups excluding carboxylic acids is 4. The van der Waals surface area contributed by atoms with Crippen molar-refractivity contribution < 1.29 is 19.2 Å². The van der Waals surface area contributed by atoms with E-state index >= 15 is 0 Å². The summed E-state index contributed by atoms with van der Waals surface area (Å²) in [5.74, 6) is 4.89. The molecule has 121 heavy (non-hydrogen) atoms. The first kappa shape index (κ1) is 85.6. The Kier molecular flexibility index (Phi) is 29.6. The summed E-state index contributed by atoms with van der Waals surface area (Å²) in [5.41, 5.74) is 19.8. The zero-order valence-corrected chi connectivity index (χ0v) is 70.4. The van der Waals surface area contributed by atoms with E-state index in [4.69, 9.17) is 5.73 Å². The summed E-state index contributed by atoms with van der Waals surface area (Å²) in [7, 11) is 0. The average Bonchev–Trinajstić information content (AvgIpc) is 0.817. The monoisotopic (exact) mass is 1630 g/mol. The third kappa shape index (κ3) is 23.0. The van der Waals surface area contributed by atoms with Gasteiger partial charge in [-0.05, 0) is 156 Å². The van der Waals surface area contributed by atoms with Crippen molar-refractivity contribution in [2.75, 3.05) is 184 Å². The number of rotatable bonds is 20. The van der Waals surface area contributed by atoms with Crippen molar-refractivity contribution in [1.29, 1.82) is 0 Å². The predicted octanol–water partition coefficient (Wildman–Crippen LogP) is 13.2. The van der Waals surface area contributed by atoms with Gasteiger partial charge < -0.3 is 71.5 Å². The summed E-state index contributed by atoms with van der Waals surface area (Å²) in [5, 5.41) is 15.7. The number of nitrogens with two attached hydrogens (primary N) is 1. The van der Waals surface area contributed by atoms with Gasteiger partial charge in [-0.1, -0.05) is 85.7 Å². The van der Waals surface area contributed by atoms with Gasteiger partial charge in [0.15, 0.2) is 0 Å². The van der Waals surface area contributed by atoms with Gasteiger partial charge in [0.2, 0.25) is 11.9 Å². The number of piperidine rings is 1. The number of hydrogen-bond acceptors (Lipinski definition) is 25. The molecule has 7 N–H and O–H groups in total. The minimum atomic E-state index is -0.262. The molecular formula is C92H111N25O4. The number of nitrogens with one attached hydrogen (secondary N) is 5. The molecule has 0 saturated carbocycles. The molecule has 16 rings (SSSR count). The molecule has 1 atom stereocenters. The summed E-state index contributed by atoms with van der Waals surface area (Å²) in [6.45, 7) is 32.7. The quantitative estimate of drug-likeness (QED) is 0.0413. The number of nitrogen functional groups attached to an aromatic ring is 1. The van der Waals surface area contributed by atoms with Crippen molar-refractivity contribution in [1.82, 2.24) is 60.1 Å². The van der Waals surface area contributed by atoms with Crippen molar-refractivity contribution in [2.24, 2.45) is 5.92 Å². The summed E-state index contributed by atoms with van der Waals surface area (Å²) in [4.78, 5) is 116. The Morgan fingerprint density at radius 3 is 1.13 bits per heavy atom. The molecule has 0 bridgehead atoms. The fourth-order valence-corrected chi connectivity index (χ4v) is 15.1. The number of piperazine rings is 4. The van der Waals surface area contributed by atoms with Crippen LogP contribution < -0.4 is 71.5 Å². The number of nitrogens with zero attached hydrogens (tertiary/aromatic N) is 19.